The maximum absolute atomic E-state index is 13.0. The first-order valence-corrected chi connectivity index (χ1v) is 8.68. The highest BCUT2D eigenvalue weighted by Gasteiger charge is 2.62. The average molecular weight is 286 g/mol. The molecule has 0 aliphatic heterocycles. The summed E-state index contributed by atoms with van der Waals surface area (Å²) in [6, 6.07) is 0. The van der Waals surface area contributed by atoms with E-state index in [9.17, 15) is 9.59 Å². The van der Waals surface area contributed by atoms with Gasteiger partial charge in [0.05, 0.1) is 0 Å². The van der Waals surface area contributed by atoms with E-state index in [1.54, 1.807) is 0 Å². The standard InChI is InChI=1S/C19H26O2/c1-18-10-4-3-5-12(18)6-7-13-14-8-9-16(21)19(14,2)11-15(20)17(13)18/h3-4,12-14,17H,5-11H2,1-2H3/t12?,13-,14-,17-,18-,19-/m0/s1. The summed E-state index contributed by atoms with van der Waals surface area (Å²) in [5.74, 6) is 2.58. The van der Waals surface area contributed by atoms with E-state index in [-0.39, 0.29) is 16.7 Å². The molecule has 1 unspecified atom stereocenters. The Balaban J connectivity index is 1.75. The van der Waals surface area contributed by atoms with Crippen molar-refractivity contribution in [3.8, 4) is 0 Å². The van der Waals surface area contributed by atoms with Gasteiger partial charge >= 0.3 is 0 Å². The molecule has 114 valence electrons. The van der Waals surface area contributed by atoms with Crippen LogP contribution in [0.2, 0.25) is 0 Å². The fourth-order valence-corrected chi connectivity index (χ4v) is 6.44. The van der Waals surface area contributed by atoms with Crippen LogP contribution in [0, 0.1) is 34.5 Å². The van der Waals surface area contributed by atoms with Gasteiger partial charge < -0.3 is 0 Å². The smallest absolute Gasteiger partial charge is 0.139 e. The molecule has 0 heterocycles. The van der Waals surface area contributed by atoms with Crippen LogP contribution in [0.15, 0.2) is 12.2 Å². The number of allylic oxidation sites excluding steroid dienone is 2. The molecular weight excluding hydrogens is 260 g/mol. The number of fused-ring (bicyclic) bond motifs is 5. The van der Waals surface area contributed by atoms with E-state index in [2.05, 4.69) is 26.0 Å². The molecule has 3 saturated carbocycles. The molecule has 21 heavy (non-hydrogen) atoms. The van der Waals surface area contributed by atoms with Crippen molar-refractivity contribution in [1.82, 2.24) is 0 Å². The Bertz CT molecular complexity index is 534. The van der Waals surface area contributed by atoms with Gasteiger partial charge in [-0.15, -0.1) is 0 Å². The molecule has 4 aliphatic carbocycles. The third kappa shape index (κ3) is 1.65. The van der Waals surface area contributed by atoms with Crippen LogP contribution in [-0.4, -0.2) is 11.6 Å². The minimum atomic E-state index is -0.327. The Hall–Kier alpha value is -0.920. The average Bonchev–Trinajstić information content (AvgIpc) is 2.73. The van der Waals surface area contributed by atoms with Gasteiger partial charge in [-0.3, -0.25) is 9.59 Å². The quantitative estimate of drug-likeness (QED) is 0.632. The summed E-state index contributed by atoms with van der Waals surface area (Å²) in [7, 11) is 0. The number of carbonyl (C=O) groups excluding carboxylic acids is 2. The van der Waals surface area contributed by atoms with E-state index >= 15 is 0 Å². The summed E-state index contributed by atoms with van der Waals surface area (Å²) in [5, 5.41) is 0. The summed E-state index contributed by atoms with van der Waals surface area (Å²) in [6.07, 6.45) is 11.5. The van der Waals surface area contributed by atoms with Crippen LogP contribution in [0.4, 0.5) is 0 Å². The predicted octanol–water partition coefficient (Wildman–Crippen LogP) is 3.94. The van der Waals surface area contributed by atoms with Crippen LogP contribution in [0.1, 0.15) is 58.8 Å². The zero-order valence-electron chi connectivity index (χ0n) is 13.2. The molecule has 4 rings (SSSR count). The summed E-state index contributed by atoms with van der Waals surface area (Å²) in [5.41, 5.74) is -0.173. The summed E-state index contributed by atoms with van der Waals surface area (Å²) in [4.78, 5) is 25.4. The molecule has 3 fully saturated rings. The van der Waals surface area contributed by atoms with Gasteiger partial charge in [0.2, 0.25) is 0 Å². The first-order chi connectivity index (χ1) is 9.97. The van der Waals surface area contributed by atoms with Crippen molar-refractivity contribution >= 4 is 11.6 Å². The Labute approximate surface area is 127 Å². The number of hydrogen-bond acceptors (Lipinski definition) is 2. The molecule has 0 saturated heterocycles. The first-order valence-electron chi connectivity index (χ1n) is 8.68. The van der Waals surface area contributed by atoms with Crippen LogP contribution >= 0.6 is 0 Å². The van der Waals surface area contributed by atoms with Gasteiger partial charge in [0.25, 0.3) is 0 Å². The maximum Gasteiger partial charge on any atom is 0.139 e. The molecule has 2 heteroatoms. The Morgan fingerprint density at radius 2 is 1.90 bits per heavy atom. The number of carbonyl (C=O) groups is 2. The van der Waals surface area contributed by atoms with Gasteiger partial charge in [-0.25, -0.2) is 0 Å². The third-order valence-electron chi connectivity index (χ3n) is 7.61. The van der Waals surface area contributed by atoms with Crippen molar-refractivity contribution in [2.45, 2.75) is 58.8 Å². The molecule has 6 atom stereocenters. The molecule has 0 amide bonds. The normalized spacial score (nSPS) is 52.3. The first kappa shape index (κ1) is 13.7. The van der Waals surface area contributed by atoms with E-state index in [1.807, 2.05) is 0 Å². The zero-order chi connectivity index (χ0) is 14.8. The zero-order valence-corrected chi connectivity index (χ0v) is 13.2. The van der Waals surface area contributed by atoms with Gasteiger partial charge in [0.1, 0.15) is 11.6 Å². The van der Waals surface area contributed by atoms with Crippen molar-refractivity contribution in [3.05, 3.63) is 12.2 Å². The van der Waals surface area contributed by atoms with Crippen LogP contribution in [0.25, 0.3) is 0 Å². The second-order valence-electron chi connectivity index (χ2n) is 8.46. The Morgan fingerprint density at radius 3 is 2.71 bits per heavy atom. The summed E-state index contributed by atoms with van der Waals surface area (Å²) >= 11 is 0. The molecule has 0 N–H and O–H groups in total. The van der Waals surface area contributed by atoms with Crippen LogP contribution in [-0.2, 0) is 9.59 Å². The van der Waals surface area contributed by atoms with Crippen molar-refractivity contribution < 1.29 is 9.59 Å². The van der Waals surface area contributed by atoms with Gasteiger partial charge in [-0.1, -0.05) is 26.0 Å². The van der Waals surface area contributed by atoms with Crippen LogP contribution in [0.3, 0.4) is 0 Å². The van der Waals surface area contributed by atoms with Gasteiger partial charge in [0.15, 0.2) is 0 Å². The second-order valence-corrected chi connectivity index (χ2v) is 8.46. The molecule has 4 aliphatic rings. The SMILES string of the molecule is C[C@]12CC=CCC1CC[C@@H]1[C@H]2C(=O)C[C@]2(C)C(=O)CC[C@@H]12. The molecular formula is C19H26O2. The van der Waals surface area contributed by atoms with Gasteiger partial charge in [0, 0.05) is 24.2 Å². The molecule has 0 aromatic heterocycles. The minimum Gasteiger partial charge on any atom is -0.299 e. The van der Waals surface area contributed by atoms with E-state index < -0.39 is 0 Å². The van der Waals surface area contributed by atoms with Gasteiger partial charge in [-0.2, -0.15) is 0 Å². The highest BCUT2D eigenvalue weighted by molar-refractivity contribution is 5.95. The fourth-order valence-electron chi connectivity index (χ4n) is 6.44. The predicted molar refractivity (Wildman–Crippen MR) is 81.6 cm³/mol. The fraction of sp³-hybridized carbons (Fsp3) is 0.789. The minimum absolute atomic E-state index is 0.154. The van der Waals surface area contributed by atoms with E-state index in [1.165, 1.54) is 6.42 Å². The lowest BCUT2D eigenvalue weighted by Crippen LogP contribution is -2.56. The van der Waals surface area contributed by atoms with Crippen molar-refractivity contribution in [3.63, 3.8) is 0 Å². The lowest BCUT2D eigenvalue weighted by Gasteiger charge is -2.57. The van der Waals surface area contributed by atoms with Crippen LogP contribution in [0.5, 0.6) is 0 Å². The molecule has 2 nitrogen and oxygen atoms in total. The summed E-state index contributed by atoms with van der Waals surface area (Å²) < 4.78 is 0. The number of hydrogen-bond donors (Lipinski definition) is 0. The van der Waals surface area contributed by atoms with Crippen molar-refractivity contribution in [2.24, 2.45) is 34.5 Å². The van der Waals surface area contributed by atoms with E-state index in [4.69, 9.17) is 0 Å². The molecule has 0 aromatic carbocycles. The summed E-state index contributed by atoms with van der Waals surface area (Å²) in [6.45, 7) is 4.44. The van der Waals surface area contributed by atoms with Gasteiger partial charge in [-0.05, 0) is 55.3 Å². The monoisotopic (exact) mass is 286 g/mol. The van der Waals surface area contributed by atoms with E-state index in [0.29, 0.717) is 42.2 Å². The maximum atomic E-state index is 13.0. The highest BCUT2D eigenvalue weighted by Crippen LogP contribution is 2.63. The van der Waals surface area contributed by atoms with Crippen molar-refractivity contribution in [1.29, 1.82) is 0 Å². The molecule has 0 aromatic rings. The molecule has 0 bridgehead atoms. The number of Topliss-reactive ketones (excluding diaryl/α,β-unsaturated/α-hetero) is 2. The van der Waals surface area contributed by atoms with E-state index in [0.717, 1.165) is 25.7 Å². The largest absolute Gasteiger partial charge is 0.299 e. The van der Waals surface area contributed by atoms with Crippen LogP contribution < -0.4 is 0 Å². The number of rotatable bonds is 0. The second kappa shape index (κ2) is 4.30. The topological polar surface area (TPSA) is 34.1 Å². The third-order valence-corrected chi connectivity index (χ3v) is 7.61. The Kier molecular flexibility index (Phi) is 2.81. The molecule has 0 spiro atoms. The lowest BCUT2D eigenvalue weighted by atomic mass is 9.45. The van der Waals surface area contributed by atoms with Crippen molar-refractivity contribution in [2.75, 3.05) is 0 Å². The lowest BCUT2D eigenvalue weighted by molar-refractivity contribution is -0.156. The molecule has 0 radical (unpaired) electrons. The Morgan fingerprint density at radius 1 is 1.10 bits per heavy atom. The number of ketones is 2. The highest BCUT2D eigenvalue weighted by atomic mass is 16.1.